The third-order valence-electron chi connectivity index (χ3n) is 4.85. The van der Waals surface area contributed by atoms with Crippen molar-refractivity contribution in [3.05, 3.63) is 47.9 Å². The van der Waals surface area contributed by atoms with Crippen molar-refractivity contribution in [2.75, 3.05) is 25.1 Å². The molecule has 0 fully saturated rings. The Kier molecular flexibility index (Phi) is 9.40. The molecule has 0 aliphatic rings. The zero-order valence-electron chi connectivity index (χ0n) is 18.2. The van der Waals surface area contributed by atoms with E-state index in [0.717, 1.165) is 24.8 Å². The lowest BCUT2D eigenvalue weighted by Crippen LogP contribution is -2.38. The smallest absolute Gasteiger partial charge is 0.333 e. The molecule has 0 saturated heterocycles. The number of benzene rings is 1. The number of nitrogens with one attached hydrogen (secondary N) is 1. The number of carboxylic acid groups (broad SMARTS) is 1. The number of anilines is 1. The third kappa shape index (κ3) is 7.03. The van der Waals surface area contributed by atoms with E-state index >= 15 is 0 Å². The van der Waals surface area contributed by atoms with Crippen LogP contribution in [0.3, 0.4) is 0 Å². The fourth-order valence-electron chi connectivity index (χ4n) is 3.08. The maximum atomic E-state index is 14.4. The molecule has 2 rings (SSSR count). The minimum Gasteiger partial charge on any atom is -0.479 e. The molecule has 1 atom stereocenters. The minimum absolute atomic E-state index is 0.152. The Balaban J connectivity index is 2.13. The average Bonchev–Trinajstić information content (AvgIpc) is 2.76. The highest BCUT2D eigenvalue weighted by Gasteiger charge is 2.19. The van der Waals surface area contributed by atoms with E-state index in [4.69, 9.17) is 4.74 Å². The highest BCUT2D eigenvalue weighted by atomic mass is 19.1. The Labute approximate surface area is 182 Å². The lowest BCUT2D eigenvalue weighted by atomic mass is 10.1. The van der Waals surface area contributed by atoms with Crippen molar-refractivity contribution in [2.45, 2.75) is 45.6 Å². The topological polar surface area (TPSA) is 91.8 Å². The van der Waals surface area contributed by atoms with E-state index in [2.05, 4.69) is 17.2 Å². The molecule has 1 aromatic heterocycles. The van der Waals surface area contributed by atoms with Crippen LogP contribution in [0.4, 0.5) is 14.9 Å². The lowest BCUT2D eigenvalue weighted by molar-refractivity contribution is -0.149. The van der Waals surface area contributed by atoms with Crippen LogP contribution in [0.15, 0.2) is 36.5 Å². The number of carbonyl (C=O) groups excluding carboxylic acids is 1. The van der Waals surface area contributed by atoms with Crippen molar-refractivity contribution in [3.8, 4) is 11.3 Å². The Morgan fingerprint density at radius 1 is 1.23 bits per heavy atom. The summed E-state index contributed by atoms with van der Waals surface area (Å²) >= 11 is 0. The quantitative estimate of drug-likeness (QED) is 0.519. The molecule has 1 heterocycles. The van der Waals surface area contributed by atoms with Gasteiger partial charge in [-0.3, -0.25) is 9.88 Å². The summed E-state index contributed by atoms with van der Waals surface area (Å²) in [6.45, 7) is 4.67. The Morgan fingerprint density at radius 3 is 2.61 bits per heavy atom. The maximum Gasteiger partial charge on any atom is 0.333 e. The highest BCUT2D eigenvalue weighted by Crippen LogP contribution is 2.26. The molecule has 0 saturated carbocycles. The van der Waals surface area contributed by atoms with Crippen LogP contribution in [0, 0.1) is 5.82 Å². The van der Waals surface area contributed by atoms with Crippen molar-refractivity contribution >= 4 is 17.7 Å². The predicted octanol–water partition coefficient (Wildman–Crippen LogP) is 4.26. The van der Waals surface area contributed by atoms with E-state index in [1.165, 1.54) is 18.0 Å². The zero-order valence-corrected chi connectivity index (χ0v) is 18.2. The molecule has 7 nitrogen and oxygen atoms in total. The molecule has 0 spiro atoms. The van der Waals surface area contributed by atoms with Gasteiger partial charge in [-0.25, -0.2) is 14.0 Å². The molecule has 2 aromatic rings. The SMILES string of the molecule is CCCCCNC(=O)N(C)c1cc(-c2ccc(C[C@H](OCC)C(=O)O)cn2)ccc1F. The molecule has 31 heavy (non-hydrogen) atoms. The Hall–Kier alpha value is -3.00. The molecule has 168 valence electrons. The molecular weight excluding hydrogens is 401 g/mol. The maximum absolute atomic E-state index is 14.4. The second kappa shape index (κ2) is 12.0. The van der Waals surface area contributed by atoms with Crippen LogP contribution < -0.4 is 10.2 Å². The van der Waals surface area contributed by atoms with Gasteiger partial charge >= 0.3 is 12.0 Å². The molecule has 0 aliphatic carbocycles. The summed E-state index contributed by atoms with van der Waals surface area (Å²) < 4.78 is 19.6. The summed E-state index contributed by atoms with van der Waals surface area (Å²) in [5, 5.41) is 12.0. The van der Waals surface area contributed by atoms with E-state index in [1.54, 1.807) is 37.4 Å². The number of carboxylic acids is 1. The van der Waals surface area contributed by atoms with E-state index < -0.39 is 17.9 Å². The van der Waals surface area contributed by atoms with E-state index in [-0.39, 0.29) is 18.1 Å². The Morgan fingerprint density at radius 2 is 2.00 bits per heavy atom. The van der Waals surface area contributed by atoms with Crippen LogP contribution in [-0.2, 0) is 16.0 Å². The van der Waals surface area contributed by atoms with Crippen molar-refractivity contribution in [1.29, 1.82) is 0 Å². The first-order valence-electron chi connectivity index (χ1n) is 10.5. The van der Waals surface area contributed by atoms with Crippen molar-refractivity contribution in [1.82, 2.24) is 10.3 Å². The van der Waals surface area contributed by atoms with Crippen LogP contribution in [-0.4, -0.2) is 48.4 Å². The highest BCUT2D eigenvalue weighted by molar-refractivity contribution is 5.92. The molecular formula is C23H30FN3O4. The summed E-state index contributed by atoms with van der Waals surface area (Å²) in [7, 11) is 1.52. The van der Waals surface area contributed by atoms with Crippen molar-refractivity contribution < 1.29 is 23.8 Å². The number of aliphatic carboxylic acids is 1. The number of pyridine rings is 1. The van der Waals surface area contributed by atoms with Crippen LogP contribution in [0.25, 0.3) is 11.3 Å². The van der Waals surface area contributed by atoms with Crippen molar-refractivity contribution in [3.63, 3.8) is 0 Å². The van der Waals surface area contributed by atoms with Gasteiger partial charge in [-0.15, -0.1) is 0 Å². The molecule has 0 aliphatic heterocycles. The third-order valence-corrected chi connectivity index (χ3v) is 4.85. The molecule has 8 heteroatoms. The predicted molar refractivity (Wildman–Crippen MR) is 118 cm³/mol. The summed E-state index contributed by atoms with van der Waals surface area (Å²) in [6, 6.07) is 7.60. The molecule has 2 N–H and O–H groups in total. The first kappa shape index (κ1) is 24.3. The van der Waals surface area contributed by atoms with E-state index in [9.17, 15) is 19.1 Å². The van der Waals surface area contributed by atoms with Gasteiger partial charge < -0.3 is 15.2 Å². The van der Waals surface area contributed by atoms with Gasteiger partial charge in [0.15, 0.2) is 6.10 Å². The molecule has 0 unspecified atom stereocenters. The number of unbranched alkanes of at least 4 members (excludes halogenated alkanes) is 2. The average molecular weight is 432 g/mol. The second-order valence-electron chi connectivity index (χ2n) is 7.20. The molecule has 0 radical (unpaired) electrons. The van der Waals surface area contributed by atoms with Gasteiger partial charge in [0.2, 0.25) is 0 Å². The largest absolute Gasteiger partial charge is 0.479 e. The monoisotopic (exact) mass is 431 g/mol. The first-order chi connectivity index (χ1) is 14.9. The van der Waals surface area contributed by atoms with Gasteiger partial charge in [0.25, 0.3) is 0 Å². The Bertz CT molecular complexity index is 874. The fourth-order valence-corrected chi connectivity index (χ4v) is 3.08. The van der Waals surface area contributed by atoms with Gasteiger partial charge in [0, 0.05) is 38.4 Å². The normalized spacial score (nSPS) is 11.7. The van der Waals surface area contributed by atoms with E-state index in [1.807, 2.05) is 0 Å². The number of aromatic nitrogens is 1. The van der Waals surface area contributed by atoms with Crippen LogP contribution in [0.5, 0.6) is 0 Å². The standard InChI is InChI=1S/C23H30FN3O4/c1-4-6-7-12-25-23(30)27(3)20-14-17(9-10-18(20)24)19-11-8-16(15-26-19)13-21(22(28)29)31-5-2/h8-11,14-15,21H,4-7,12-13H2,1-3H3,(H,25,30)(H,28,29)/t21-/m0/s1. The fraction of sp³-hybridized carbons (Fsp3) is 0.435. The summed E-state index contributed by atoms with van der Waals surface area (Å²) in [5.41, 5.74) is 2.10. The molecule has 1 aromatic carbocycles. The number of urea groups is 1. The summed E-state index contributed by atoms with van der Waals surface area (Å²) in [5.74, 6) is -1.53. The number of hydrogen-bond acceptors (Lipinski definition) is 4. The van der Waals surface area contributed by atoms with Crippen LogP contribution in [0.1, 0.15) is 38.7 Å². The van der Waals surface area contributed by atoms with Gasteiger partial charge in [-0.1, -0.05) is 25.8 Å². The van der Waals surface area contributed by atoms with Crippen molar-refractivity contribution in [2.24, 2.45) is 0 Å². The first-order valence-corrected chi connectivity index (χ1v) is 10.5. The van der Waals surface area contributed by atoms with Crippen LogP contribution in [0.2, 0.25) is 0 Å². The number of amides is 2. The molecule has 2 amide bonds. The van der Waals surface area contributed by atoms with Crippen LogP contribution >= 0.6 is 0 Å². The summed E-state index contributed by atoms with van der Waals surface area (Å²) in [6.07, 6.45) is 3.80. The van der Waals surface area contributed by atoms with Gasteiger partial charge in [-0.2, -0.15) is 0 Å². The number of nitrogens with zero attached hydrogens (tertiary/aromatic N) is 2. The number of rotatable bonds is 11. The van der Waals surface area contributed by atoms with Gasteiger partial charge in [-0.05, 0) is 43.2 Å². The summed E-state index contributed by atoms with van der Waals surface area (Å²) in [4.78, 5) is 29.2. The number of ether oxygens (including phenoxy) is 1. The lowest BCUT2D eigenvalue weighted by Gasteiger charge is -2.19. The second-order valence-corrected chi connectivity index (χ2v) is 7.20. The van der Waals surface area contributed by atoms with E-state index in [0.29, 0.717) is 24.4 Å². The zero-order chi connectivity index (χ0) is 22.8. The molecule has 0 bridgehead atoms. The number of carbonyl (C=O) groups is 2. The number of halogens is 1. The van der Waals surface area contributed by atoms with Gasteiger partial charge in [0.1, 0.15) is 5.82 Å². The number of hydrogen-bond donors (Lipinski definition) is 2. The minimum atomic E-state index is -1.02. The van der Waals surface area contributed by atoms with Gasteiger partial charge in [0.05, 0.1) is 11.4 Å².